The van der Waals surface area contributed by atoms with Crippen LogP contribution in [0.2, 0.25) is 10.0 Å². The van der Waals surface area contributed by atoms with Crippen LogP contribution >= 0.6 is 23.2 Å². The number of aromatic nitrogens is 2. The molecule has 0 aliphatic carbocycles. The van der Waals surface area contributed by atoms with E-state index in [1.165, 1.54) is 0 Å². The molecule has 0 fully saturated rings. The quantitative estimate of drug-likeness (QED) is 0.391. The van der Waals surface area contributed by atoms with E-state index in [2.05, 4.69) is 0 Å². The number of pyridine rings is 1. The fourth-order valence-corrected chi connectivity index (χ4v) is 3.56. The number of nitrogens with zero attached hydrogens (tertiary/aromatic N) is 2. The number of anilines is 1. The summed E-state index contributed by atoms with van der Waals surface area (Å²) in [6, 6.07) is 14.8. The smallest absolute Gasteiger partial charge is 0.180 e. The molecule has 0 unspecified atom stereocenters. The van der Waals surface area contributed by atoms with Gasteiger partial charge >= 0.3 is 0 Å². The van der Waals surface area contributed by atoms with Crippen LogP contribution in [-0.4, -0.2) is 16.0 Å². The van der Waals surface area contributed by atoms with Crippen molar-refractivity contribution >= 4 is 34.5 Å². The minimum absolute atomic E-state index is 0.246. The number of nitrogens with two attached hydrogens (primary N) is 1. The van der Waals surface area contributed by atoms with E-state index >= 15 is 0 Å². The molecule has 0 saturated heterocycles. The van der Waals surface area contributed by atoms with Crippen LogP contribution in [0.3, 0.4) is 0 Å². The molecule has 2 N–H and O–H groups in total. The third-order valence-electron chi connectivity index (χ3n) is 4.49. The van der Waals surface area contributed by atoms with Gasteiger partial charge in [-0.1, -0.05) is 29.3 Å². The van der Waals surface area contributed by atoms with Crippen molar-refractivity contribution < 1.29 is 9.47 Å². The van der Waals surface area contributed by atoms with Gasteiger partial charge in [0, 0.05) is 33.6 Å². The molecule has 0 amide bonds. The maximum Gasteiger partial charge on any atom is 0.180 e. The number of nitrogen functional groups attached to an aromatic ring is 1. The van der Waals surface area contributed by atoms with Crippen molar-refractivity contribution in [1.82, 2.24) is 9.38 Å². The summed E-state index contributed by atoms with van der Waals surface area (Å²) in [6.45, 7) is 2.73. The summed E-state index contributed by atoms with van der Waals surface area (Å²) in [6.07, 6.45) is 3.85. The Kier molecular flexibility index (Phi) is 5.51. The minimum Gasteiger partial charge on any atom is -0.492 e. The van der Waals surface area contributed by atoms with Crippen molar-refractivity contribution in [3.8, 4) is 22.8 Å². The Balaban J connectivity index is 1.64. The average molecular weight is 428 g/mol. The predicted octanol–water partition coefficient (Wildman–Crippen LogP) is 5.87. The van der Waals surface area contributed by atoms with Crippen molar-refractivity contribution in [2.45, 2.75) is 13.5 Å². The van der Waals surface area contributed by atoms with E-state index in [0.717, 1.165) is 16.8 Å². The highest BCUT2D eigenvalue weighted by atomic mass is 35.5. The second-order valence-electron chi connectivity index (χ2n) is 6.40. The van der Waals surface area contributed by atoms with Crippen LogP contribution in [0.25, 0.3) is 16.9 Å². The normalized spacial score (nSPS) is 11.0. The number of hydrogen-bond donors (Lipinski definition) is 1. The number of halogens is 2. The zero-order valence-electron chi connectivity index (χ0n) is 15.7. The predicted molar refractivity (Wildman–Crippen MR) is 117 cm³/mol. The summed E-state index contributed by atoms with van der Waals surface area (Å²) < 4.78 is 13.4. The lowest BCUT2D eigenvalue weighted by molar-refractivity contribution is 0.308. The molecule has 0 aliphatic rings. The molecule has 4 aromatic rings. The molecule has 148 valence electrons. The second-order valence-corrected chi connectivity index (χ2v) is 7.22. The van der Waals surface area contributed by atoms with Gasteiger partial charge in [0.15, 0.2) is 11.4 Å². The summed E-state index contributed by atoms with van der Waals surface area (Å²) in [5, 5.41) is 1.14. The fourth-order valence-electron chi connectivity index (χ4n) is 3.05. The van der Waals surface area contributed by atoms with E-state index in [1.807, 2.05) is 54.0 Å². The van der Waals surface area contributed by atoms with Crippen LogP contribution in [-0.2, 0) is 6.61 Å². The summed E-state index contributed by atoms with van der Waals surface area (Å²) in [5.74, 6) is 1.30. The Morgan fingerprint density at radius 3 is 2.52 bits per heavy atom. The second kappa shape index (κ2) is 8.23. The van der Waals surface area contributed by atoms with E-state index in [1.54, 1.807) is 18.2 Å². The number of ether oxygens (including phenoxy) is 2. The van der Waals surface area contributed by atoms with E-state index in [9.17, 15) is 0 Å². The monoisotopic (exact) mass is 427 g/mol. The van der Waals surface area contributed by atoms with Crippen LogP contribution in [0.4, 0.5) is 5.69 Å². The number of fused-ring (bicyclic) bond motifs is 1. The first-order valence-corrected chi connectivity index (χ1v) is 9.88. The van der Waals surface area contributed by atoms with Crippen LogP contribution < -0.4 is 15.2 Å². The SMILES string of the molecule is CCOc1ccc(-c2cn3cccc(OCc4c(Cl)cccc4Cl)c3n2)cc1N. The van der Waals surface area contributed by atoms with Crippen molar-refractivity contribution in [3.63, 3.8) is 0 Å². The number of hydrogen-bond acceptors (Lipinski definition) is 4. The average Bonchev–Trinajstić information content (AvgIpc) is 3.14. The van der Waals surface area contributed by atoms with E-state index < -0.39 is 0 Å². The maximum atomic E-state index is 6.24. The van der Waals surface area contributed by atoms with Crippen molar-refractivity contribution in [1.29, 1.82) is 0 Å². The molecule has 0 bridgehead atoms. The molecule has 0 spiro atoms. The summed E-state index contributed by atoms with van der Waals surface area (Å²) in [4.78, 5) is 4.73. The molecule has 2 aromatic carbocycles. The highest BCUT2D eigenvalue weighted by Crippen LogP contribution is 2.31. The van der Waals surface area contributed by atoms with Crippen molar-refractivity contribution in [2.24, 2.45) is 0 Å². The largest absolute Gasteiger partial charge is 0.492 e. The highest BCUT2D eigenvalue weighted by molar-refractivity contribution is 6.35. The van der Waals surface area contributed by atoms with Crippen LogP contribution in [0.1, 0.15) is 12.5 Å². The molecule has 29 heavy (non-hydrogen) atoms. The van der Waals surface area contributed by atoms with Gasteiger partial charge in [-0.05, 0) is 49.4 Å². The Labute approximate surface area is 178 Å². The topological polar surface area (TPSA) is 61.8 Å². The highest BCUT2D eigenvalue weighted by Gasteiger charge is 2.12. The maximum absolute atomic E-state index is 6.24. The standard InChI is InChI=1S/C22H19Cl2N3O2/c1-2-28-20-9-8-14(11-18(20)25)19-12-27-10-4-7-21(22(27)26-19)29-13-15-16(23)5-3-6-17(15)24/h3-12H,2,13,25H2,1H3. The lowest BCUT2D eigenvalue weighted by Gasteiger charge is -2.10. The molecule has 0 saturated carbocycles. The molecule has 2 aromatic heterocycles. The van der Waals surface area contributed by atoms with Gasteiger partial charge in [0.2, 0.25) is 0 Å². The van der Waals surface area contributed by atoms with Crippen molar-refractivity contribution in [3.05, 3.63) is 76.5 Å². The third kappa shape index (κ3) is 3.97. The molecule has 0 atom stereocenters. The minimum atomic E-state index is 0.246. The van der Waals surface area contributed by atoms with Gasteiger partial charge in [-0.3, -0.25) is 0 Å². The lowest BCUT2D eigenvalue weighted by atomic mass is 10.1. The lowest BCUT2D eigenvalue weighted by Crippen LogP contribution is -1.99. The van der Waals surface area contributed by atoms with Gasteiger partial charge in [-0.25, -0.2) is 4.98 Å². The van der Waals surface area contributed by atoms with E-state index in [0.29, 0.717) is 39.5 Å². The molecule has 0 aliphatic heterocycles. The first-order valence-electron chi connectivity index (χ1n) is 9.13. The number of rotatable bonds is 6. The van der Waals surface area contributed by atoms with Gasteiger partial charge in [0.1, 0.15) is 12.4 Å². The Bertz CT molecular complexity index is 1150. The summed E-state index contributed by atoms with van der Waals surface area (Å²) >= 11 is 12.5. The molecular weight excluding hydrogens is 409 g/mol. The molecular formula is C22H19Cl2N3O2. The molecule has 4 rings (SSSR count). The van der Waals surface area contributed by atoms with Gasteiger partial charge in [0.25, 0.3) is 0 Å². The Morgan fingerprint density at radius 1 is 1.00 bits per heavy atom. The molecule has 7 heteroatoms. The van der Waals surface area contributed by atoms with Gasteiger partial charge in [-0.2, -0.15) is 0 Å². The molecule has 5 nitrogen and oxygen atoms in total. The summed E-state index contributed by atoms with van der Waals surface area (Å²) in [5.41, 5.74) is 9.79. The first-order chi connectivity index (χ1) is 14.1. The van der Waals surface area contributed by atoms with Gasteiger partial charge in [-0.15, -0.1) is 0 Å². The van der Waals surface area contributed by atoms with Gasteiger partial charge < -0.3 is 19.6 Å². The van der Waals surface area contributed by atoms with Gasteiger partial charge in [0.05, 0.1) is 18.0 Å². The first kappa shape index (κ1) is 19.4. The fraction of sp³-hybridized carbons (Fsp3) is 0.136. The van der Waals surface area contributed by atoms with E-state index in [-0.39, 0.29) is 6.61 Å². The van der Waals surface area contributed by atoms with Crippen molar-refractivity contribution in [2.75, 3.05) is 12.3 Å². The Morgan fingerprint density at radius 2 is 1.79 bits per heavy atom. The molecule has 2 heterocycles. The van der Waals surface area contributed by atoms with E-state index in [4.69, 9.17) is 43.4 Å². The summed E-state index contributed by atoms with van der Waals surface area (Å²) in [7, 11) is 0. The van der Waals surface area contributed by atoms with Crippen LogP contribution in [0.15, 0.2) is 60.9 Å². The number of benzene rings is 2. The molecule has 0 radical (unpaired) electrons. The third-order valence-corrected chi connectivity index (χ3v) is 5.19. The Hall–Kier alpha value is -2.89. The zero-order valence-corrected chi connectivity index (χ0v) is 17.2. The van der Waals surface area contributed by atoms with Crippen LogP contribution in [0.5, 0.6) is 11.5 Å². The number of imidazole rings is 1. The van der Waals surface area contributed by atoms with Crippen LogP contribution in [0, 0.1) is 0 Å². The zero-order chi connectivity index (χ0) is 20.4.